The highest BCUT2D eigenvalue weighted by Gasteiger charge is 2.18. The van der Waals surface area contributed by atoms with E-state index in [2.05, 4.69) is 15.2 Å². The lowest BCUT2D eigenvalue weighted by molar-refractivity contribution is -0.142. The normalized spacial score (nSPS) is 11.0. The van der Waals surface area contributed by atoms with Crippen LogP contribution in [0, 0.1) is 5.82 Å². The molecule has 0 N–H and O–H groups in total. The number of hydrogen-bond acceptors (Lipinski definition) is 8. The smallest absolute Gasteiger partial charge is 0.313 e. The van der Waals surface area contributed by atoms with Gasteiger partial charge in [0, 0.05) is 11.3 Å². The van der Waals surface area contributed by atoms with Crippen molar-refractivity contribution in [3.63, 3.8) is 0 Å². The van der Waals surface area contributed by atoms with Crippen molar-refractivity contribution in [3.05, 3.63) is 72.0 Å². The molecule has 0 fully saturated rings. The Balaban J connectivity index is 1.49. The Labute approximate surface area is 181 Å². The molecule has 0 saturated carbocycles. The van der Waals surface area contributed by atoms with Gasteiger partial charge in [0.2, 0.25) is 5.89 Å². The van der Waals surface area contributed by atoms with Gasteiger partial charge in [-0.3, -0.25) is 9.36 Å². The fraction of sp³-hybridized carbons (Fsp3) is 0.238. The van der Waals surface area contributed by atoms with E-state index in [1.807, 2.05) is 10.6 Å². The third-order valence-electron chi connectivity index (χ3n) is 4.29. The maximum Gasteiger partial charge on any atom is 0.313 e. The molecule has 0 aliphatic rings. The largest absolute Gasteiger partial charge is 0.467 e. The standard InChI is InChI=1S/C21H19FN4O4S/c1-2-28-19(27)10-18-24-25-21(26(18)11-17-4-3-9-29-17)31-13-16-12-30-20(23-16)14-5-7-15(22)8-6-14/h3-9,12H,2,10-11,13H2,1H3. The molecule has 4 rings (SSSR count). The van der Waals surface area contributed by atoms with Crippen molar-refractivity contribution >= 4 is 17.7 Å². The van der Waals surface area contributed by atoms with Gasteiger partial charge in [-0.25, -0.2) is 9.37 Å². The third-order valence-corrected chi connectivity index (χ3v) is 5.29. The zero-order valence-electron chi connectivity index (χ0n) is 16.7. The molecule has 0 unspecified atom stereocenters. The molecule has 3 heterocycles. The number of esters is 1. The molecule has 0 aliphatic carbocycles. The van der Waals surface area contributed by atoms with Crippen LogP contribution in [0.4, 0.5) is 4.39 Å². The molecule has 0 spiro atoms. The first-order valence-corrected chi connectivity index (χ1v) is 10.5. The van der Waals surface area contributed by atoms with Gasteiger partial charge in [0.25, 0.3) is 0 Å². The fourth-order valence-electron chi connectivity index (χ4n) is 2.85. The Hall–Kier alpha value is -3.40. The van der Waals surface area contributed by atoms with E-state index in [9.17, 15) is 9.18 Å². The van der Waals surface area contributed by atoms with Crippen LogP contribution in [0.25, 0.3) is 11.5 Å². The van der Waals surface area contributed by atoms with E-state index in [4.69, 9.17) is 13.6 Å². The summed E-state index contributed by atoms with van der Waals surface area (Å²) in [5.41, 5.74) is 1.39. The van der Waals surface area contributed by atoms with Gasteiger partial charge in [-0.2, -0.15) is 0 Å². The number of halogens is 1. The van der Waals surface area contributed by atoms with E-state index in [0.717, 1.165) is 0 Å². The quantitative estimate of drug-likeness (QED) is 0.282. The summed E-state index contributed by atoms with van der Waals surface area (Å²) in [6.07, 6.45) is 3.16. The zero-order valence-corrected chi connectivity index (χ0v) is 17.5. The van der Waals surface area contributed by atoms with Crippen LogP contribution >= 0.6 is 11.8 Å². The molecule has 4 aromatic rings. The first kappa shape index (κ1) is 20.9. The van der Waals surface area contributed by atoms with Gasteiger partial charge in [-0.05, 0) is 43.3 Å². The Bertz CT molecular complexity index is 1140. The van der Waals surface area contributed by atoms with Crippen LogP contribution in [0.5, 0.6) is 0 Å². The van der Waals surface area contributed by atoms with Crippen molar-refractivity contribution in [2.45, 2.75) is 30.8 Å². The van der Waals surface area contributed by atoms with E-state index < -0.39 is 0 Å². The molecule has 0 amide bonds. The molecule has 0 saturated heterocycles. The maximum atomic E-state index is 13.1. The van der Waals surface area contributed by atoms with Crippen molar-refractivity contribution in [1.82, 2.24) is 19.7 Å². The lowest BCUT2D eigenvalue weighted by Crippen LogP contribution is -2.13. The molecule has 0 radical (unpaired) electrons. The van der Waals surface area contributed by atoms with Crippen molar-refractivity contribution in [2.75, 3.05) is 6.61 Å². The summed E-state index contributed by atoms with van der Waals surface area (Å²) in [4.78, 5) is 16.4. The van der Waals surface area contributed by atoms with Crippen molar-refractivity contribution in [1.29, 1.82) is 0 Å². The number of furan rings is 1. The van der Waals surface area contributed by atoms with Crippen LogP contribution in [-0.4, -0.2) is 32.3 Å². The molecule has 0 aliphatic heterocycles. The summed E-state index contributed by atoms with van der Waals surface area (Å²) >= 11 is 1.41. The second kappa shape index (κ2) is 9.61. The van der Waals surface area contributed by atoms with Crippen LogP contribution in [0.1, 0.15) is 24.2 Å². The van der Waals surface area contributed by atoms with Gasteiger partial charge in [0.15, 0.2) is 5.16 Å². The maximum absolute atomic E-state index is 13.1. The number of thioether (sulfide) groups is 1. The number of aromatic nitrogens is 4. The van der Waals surface area contributed by atoms with Gasteiger partial charge in [0.05, 0.1) is 25.1 Å². The van der Waals surface area contributed by atoms with Crippen LogP contribution in [0.2, 0.25) is 0 Å². The minimum atomic E-state index is -0.368. The predicted octanol–water partition coefficient (Wildman–Crippen LogP) is 4.11. The summed E-state index contributed by atoms with van der Waals surface area (Å²) < 4.78 is 30.9. The summed E-state index contributed by atoms with van der Waals surface area (Å²) in [6.45, 7) is 2.44. The number of rotatable bonds is 9. The molecule has 3 aromatic heterocycles. The van der Waals surface area contributed by atoms with E-state index in [-0.39, 0.29) is 18.2 Å². The number of nitrogens with zero attached hydrogens (tertiary/aromatic N) is 4. The molecule has 8 nitrogen and oxygen atoms in total. The van der Waals surface area contributed by atoms with Crippen LogP contribution in [0.3, 0.4) is 0 Å². The Morgan fingerprint density at radius 1 is 1.19 bits per heavy atom. The minimum Gasteiger partial charge on any atom is -0.467 e. The van der Waals surface area contributed by atoms with Gasteiger partial charge < -0.3 is 13.6 Å². The highest BCUT2D eigenvalue weighted by atomic mass is 32.2. The number of benzene rings is 1. The molecule has 0 atom stereocenters. The second-order valence-corrected chi connectivity index (χ2v) is 7.43. The van der Waals surface area contributed by atoms with E-state index in [1.54, 1.807) is 37.6 Å². The van der Waals surface area contributed by atoms with Crippen LogP contribution in [0.15, 0.2) is 62.9 Å². The summed E-state index contributed by atoms with van der Waals surface area (Å²) in [6, 6.07) is 9.57. The first-order valence-electron chi connectivity index (χ1n) is 9.55. The van der Waals surface area contributed by atoms with Gasteiger partial charge in [-0.1, -0.05) is 11.8 Å². The van der Waals surface area contributed by atoms with E-state index in [1.165, 1.54) is 23.9 Å². The van der Waals surface area contributed by atoms with Crippen LogP contribution < -0.4 is 0 Å². The molecule has 31 heavy (non-hydrogen) atoms. The minimum absolute atomic E-state index is 0.0147. The van der Waals surface area contributed by atoms with E-state index in [0.29, 0.717) is 52.8 Å². The average molecular weight is 442 g/mol. The number of hydrogen-bond donors (Lipinski definition) is 0. The monoisotopic (exact) mass is 442 g/mol. The van der Waals surface area contributed by atoms with Gasteiger partial charge >= 0.3 is 5.97 Å². The molecular formula is C21H19FN4O4S. The SMILES string of the molecule is CCOC(=O)Cc1nnc(SCc2coc(-c3ccc(F)cc3)n2)n1Cc1ccco1. The highest BCUT2D eigenvalue weighted by molar-refractivity contribution is 7.98. The Kier molecular flexibility index (Phi) is 6.46. The zero-order chi connectivity index (χ0) is 21.6. The van der Waals surface area contributed by atoms with Crippen molar-refractivity contribution in [2.24, 2.45) is 0 Å². The molecule has 0 bridgehead atoms. The topological polar surface area (TPSA) is 96.2 Å². The van der Waals surface area contributed by atoms with Crippen LogP contribution in [-0.2, 0) is 28.2 Å². The number of carbonyl (C=O) groups excluding carboxylic acids is 1. The molecule has 160 valence electrons. The molecular weight excluding hydrogens is 423 g/mol. The molecule has 1 aromatic carbocycles. The van der Waals surface area contributed by atoms with E-state index >= 15 is 0 Å². The Morgan fingerprint density at radius 2 is 2.03 bits per heavy atom. The average Bonchev–Trinajstić information content (AvgIpc) is 3.51. The number of carbonyl (C=O) groups is 1. The van der Waals surface area contributed by atoms with Gasteiger partial charge in [-0.15, -0.1) is 10.2 Å². The number of oxazole rings is 1. The highest BCUT2D eigenvalue weighted by Crippen LogP contribution is 2.25. The summed E-state index contributed by atoms with van der Waals surface area (Å²) in [7, 11) is 0. The fourth-order valence-corrected chi connectivity index (χ4v) is 3.69. The Morgan fingerprint density at radius 3 is 2.77 bits per heavy atom. The van der Waals surface area contributed by atoms with Crippen molar-refractivity contribution in [3.8, 4) is 11.5 Å². The first-order chi connectivity index (χ1) is 15.1. The lowest BCUT2D eigenvalue weighted by Gasteiger charge is -2.08. The molecule has 10 heteroatoms. The lowest BCUT2D eigenvalue weighted by atomic mass is 10.2. The predicted molar refractivity (Wildman–Crippen MR) is 110 cm³/mol. The summed E-state index contributed by atoms with van der Waals surface area (Å²) in [5.74, 6) is 1.40. The van der Waals surface area contributed by atoms with Crippen molar-refractivity contribution < 1.29 is 22.8 Å². The summed E-state index contributed by atoms with van der Waals surface area (Å²) in [5, 5.41) is 9.00. The second-order valence-electron chi connectivity index (χ2n) is 6.49. The third kappa shape index (κ3) is 5.21. The number of ether oxygens (including phenoxy) is 1. The van der Waals surface area contributed by atoms with Gasteiger partial charge in [0.1, 0.15) is 30.1 Å².